The van der Waals surface area contributed by atoms with Gasteiger partial charge in [0.15, 0.2) is 5.82 Å². The van der Waals surface area contributed by atoms with Crippen LogP contribution in [0.2, 0.25) is 0 Å². The van der Waals surface area contributed by atoms with Crippen molar-refractivity contribution in [3.8, 4) is 5.88 Å². The summed E-state index contributed by atoms with van der Waals surface area (Å²) in [5.74, 6) is 0.966. The van der Waals surface area contributed by atoms with Crippen LogP contribution in [0.1, 0.15) is 13.3 Å². The second-order valence-corrected chi connectivity index (χ2v) is 4.84. The standard InChI is InChI=1S/C14H22N4O3/c1-3-6-16-14(19)11-9-21-8-7-18(11)13-10(15)4-5-12(17-13)20-2/h4-5,11H,3,6-9,15H2,1-2H3,(H,16,19). The first kappa shape index (κ1) is 15.4. The lowest BCUT2D eigenvalue weighted by atomic mass is 10.2. The highest BCUT2D eigenvalue weighted by Crippen LogP contribution is 2.26. The summed E-state index contributed by atoms with van der Waals surface area (Å²) in [6, 6.07) is 3.01. The molecule has 1 unspecified atom stereocenters. The number of hydrogen-bond acceptors (Lipinski definition) is 6. The smallest absolute Gasteiger partial charge is 0.245 e. The number of nitrogens with two attached hydrogens (primary N) is 1. The topological polar surface area (TPSA) is 89.7 Å². The number of amides is 1. The zero-order valence-electron chi connectivity index (χ0n) is 12.5. The van der Waals surface area contributed by atoms with Crippen molar-refractivity contribution in [2.45, 2.75) is 19.4 Å². The minimum atomic E-state index is -0.424. The third-order valence-corrected chi connectivity index (χ3v) is 3.34. The van der Waals surface area contributed by atoms with E-state index in [-0.39, 0.29) is 5.91 Å². The molecule has 1 aliphatic heterocycles. The van der Waals surface area contributed by atoms with Gasteiger partial charge in [0.1, 0.15) is 6.04 Å². The van der Waals surface area contributed by atoms with Crippen molar-refractivity contribution in [2.75, 3.05) is 44.0 Å². The second-order valence-electron chi connectivity index (χ2n) is 4.84. The van der Waals surface area contributed by atoms with E-state index in [4.69, 9.17) is 15.2 Å². The molecule has 0 saturated carbocycles. The summed E-state index contributed by atoms with van der Waals surface area (Å²) in [5, 5.41) is 2.89. The summed E-state index contributed by atoms with van der Waals surface area (Å²) in [6.45, 7) is 4.08. The van der Waals surface area contributed by atoms with Crippen LogP contribution in [0.15, 0.2) is 12.1 Å². The Morgan fingerprint density at radius 2 is 2.43 bits per heavy atom. The van der Waals surface area contributed by atoms with Crippen LogP contribution >= 0.6 is 0 Å². The lowest BCUT2D eigenvalue weighted by Crippen LogP contribution is -2.54. The predicted molar refractivity (Wildman–Crippen MR) is 80.5 cm³/mol. The van der Waals surface area contributed by atoms with Gasteiger partial charge in [-0.2, -0.15) is 4.98 Å². The van der Waals surface area contributed by atoms with Gasteiger partial charge < -0.3 is 25.4 Å². The third kappa shape index (κ3) is 3.55. The summed E-state index contributed by atoms with van der Waals surface area (Å²) < 4.78 is 10.6. The number of rotatable bonds is 5. The van der Waals surface area contributed by atoms with Gasteiger partial charge in [-0.1, -0.05) is 6.92 Å². The zero-order chi connectivity index (χ0) is 15.2. The highest BCUT2D eigenvalue weighted by Gasteiger charge is 2.31. The van der Waals surface area contributed by atoms with Gasteiger partial charge in [-0.3, -0.25) is 4.79 Å². The lowest BCUT2D eigenvalue weighted by molar-refractivity contribution is -0.124. The number of nitrogens with one attached hydrogen (secondary N) is 1. The molecule has 1 fully saturated rings. The molecule has 116 valence electrons. The minimum Gasteiger partial charge on any atom is -0.481 e. The van der Waals surface area contributed by atoms with Crippen LogP contribution in [0.4, 0.5) is 11.5 Å². The largest absolute Gasteiger partial charge is 0.481 e. The minimum absolute atomic E-state index is 0.0689. The molecule has 2 rings (SSSR count). The van der Waals surface area contributed by atoms with Gasteiger partial charge in [0.05, 0.1) is 26.0 Å². The molecule has 21 heavy (non-hydrogen) atoms. The number of nitrogens with zero attached hydrogens (tertiary/aromatic N) is 2. The Bertz CT molecular complexity index is 495. The van der Waals surface area contributed by atoms with Crippen molar-refractivity contribution in [1.82, 2.24) is 10.3 Å². The van der Waals surface area contributed by atoms with Crippen molar-refractivity contribution < 1.29 is 14.3 Å². The van der Waals surface area contributed by atoms with Crippen LogP contribution in [0.5, 0.6) is 5.88 Å². The maximum absolute atomic E-state index is 12.3. The number of anilines is 2. The van der Waals surface area contributed by atoms with Gasteiger partial charge in [-0.25, -0.2) is 0 Å². The second kappa shape index (κ2) is 7.12. The van der Waals surface area contributed by atoms with E-state index in [9.17, 15) is 4.79 Å². The molecule has 0 aromatic carbocycles. The van der Waals surface area contributed by atoms with Crippen molar-refractivity contribution in [3.63, 3.8) is 0 Å². The first-order valence-corrected chi connectivity index (χ1v) is 7.10. The maximum Gasteiger partial charge on any atom is 0.245 e. The van der Waals surface area contributed by atoms with E-state index in [1.54, 1.807) is 19.2 Å². The predicted octanol–water partition coefficient (Wildman–Crippen LogP) is 0.404. The molecule has 0 bridgehead atoms. The summed E-state index contributed by atoms with van der Waals surface area (Å²) in [7, 11) is 1.55. The SMILES string of the molecule is CCCNC(=O)C1COCCN1c1nc(OC)ccc1N. The van der Waals surface area contributed by atoms with E-state index in [0.717, 1.165) is 6.42 Å². The highest BCUT2D eigenvalue weighted by molar-refractivity contribution is 5.86. The quantitative estimate of drug-likeness (QED) is 0.817. The fourth-order valence-electron chi connectivity index (χ4n) is 2.23. The Kier molecular flexibility index (Phi) is 5.21. The normalized spacial score (nSPS) is 18.4. The number of carbonyl (C=O) groups is 1. The van der Waals surface area contributed by atoms with Crippen molar-refractivity contribution in [2.24, 2.45) is 0 Å². The molecule has 1 saturated heterocycles. The first-order valence-electron chi connectivity index (χ1n) is 7.10. The number of hydrogen-bond donors (Lipinski definition) is 2. The van der Waals surface area contributed by atoms with E-state index >= 15 is 0 Å². The molecule has 0 radical (unpaired) electrons. The summed E-state index contributed by atoms with van der Waals surface area (Å²) in [5.41, 5.74) is 6.52. The van der Waals surface area contributed by atoms with Gasteiger partial charge in [-0.05, 0) is 12.5 Å². The Hall–Kier alpha value is -2.02. The Morgan fingerprint density at radius 1 is 1.62 bits per heavy atom. The molecule has 0 spiro atoms. The van der Waals surface area contributed by atoms with Crippen LogP contribution in [-0.4, -0.2) is 50.3 Å². The van der Waals surface area contributed by atoms with Crippen LogP contribution in [0.25, 0.3) is 0 Å². The zero-order valence-corrected chi connectivity index (χ0v) is 12.5. The monoisotopic (exact) mass is 294 g/mol. The number of ether oxygens (including phenoxy) is 2. The average Bonchev–Trinajstić information content (AvgIpc) is 2.53. The molecule has 3 N–H and O–H groups in total. The van der Waals surface area contributed by atoms with Gasteiger partial charge in [0, 0.05) is 19.2 Å². The van der Waals surface area contributed by atoms with Gasteiger partial charge in [-0.15, -0.1) is 0 Å². The fraction of sp³-hybridized carbons (Fsp3) is 0.571. The fourth-order valence-corrected chi connectivity index (χ4v) is 2.23. The molecule has 0 aliphatic carbocycles. The molecule has 1 atom stereocenters. The molecule has 1 aliphatic rings. The summed E-state index contributed by atoms with van der Waals surface area (Å²) in [6.07, 6.45) is 0.888. The molecule has 1 aromatic rings. The van der Waals surface area contributed by atoms with E-state index in [1.165, 1.54) is 0 Å². The lowest BCUT2D eigenvalue weighted by Gasteiger charge is -2.36. The molecule has 1 aromatic heterocycles. The van der Waals surface area contributed by atoms with E-state index in [1.807, 2.05) is 11.8 Å². The molecule has 1 amide bonds. The van der Waals surface area contributed by atoms with Gasteiger partial charge >= 0.3 is 0 Å². The number of methoxy groups -OCH3 is 1. The molecule has 7 heteroatoms. The van der Waals surface area contributed by atoms with Gasteiger partial charge in [0.25, 0.3) is 0 Å². The molecular formula is C14H22N4O3. The Labute approximate surface area is 124 Å². The Balaban J connectivity index is 2.23. The molecule has 2 heterocycles. The van der Waals surface area contributed by atoms with Crippen molar-refractivity contribution in [3.05, 3.63) is 12.1 Å². The number of pyridine rings is 1. The van der Waals surface area contributed by atoms with Crippen LogP contribution < -0.4 is 20.7 Å². The first-order chi connectivity index (χ1) is 10.2. The molecule has 7 nitrogen and oxygen atoms in total. The summed E-state index contributed by atoms with van der Waals surface area (Å²) in [4.78, 5) is 18.5. The van der Waals surface area contributed by atoms with E-state index in [0.29, 0.717) is 43.7 Å². The van der Waals surface area contributed by atoms with Crippen LogP contribution in [0.3, 0.4) is 0 Å². The van der Waals surface area contributed by atoms with Gasteiger partial charge in [0.2, 0.25) is 11.8 Å². The highest BCUT2D eigenvalue weighted by atomic mass is 16.5. The number of carbonyl (C=O) groups excluding carboxylic acids is 1. The van der Waals surface area contributed by atoms with E-state index < -0.39 is 6.04 Å². The number of aromatic nitrogens is 1. The third-order valence-electron chi connectivity index (χ3n) is 3.34. The van der Waals surface area contributed by atoms with Crippen LogP contribution in [0, 0.1) is 0 Å². The van der Waals surface area contributed by atoms with Crippen molar-refractivity contribution >= 4 is 17.4 Å². The van der Waals surface area contributed by atoms with Crippen molar-refractivity contribution in [1.29, 1.82) is 0 Å². The van der Waals surface area contributed by atoms with Crippen LogP contribution in [-0.2, 0) is 9.53 Å². The van der Waals surface area contributed by atoms with E-state index in [2.05, 4.69) is 10.3 Å². The average molecular weight is 294 g/mol. The maximum atomic E-state index is 12.3. The number of morpholine rings is 1. The molecular weight excluding hydrogens is 272 g/mol. The number of nitrogen functional groups attached to an aromatic ring is 1. The Morgan fingerprint density at radius 3 is 3.14 bits per heavy atom. The summed E-state index contributed by atoms with van der Waals surface area (Å²) >= 11 is 0.